The van der Waals surface area contributed by atoms with Crippen LogP contribution >= 0.6 is 0 Å². The molecule has 4 rings (SSSR count). The fraction of sp³-hybridized carbons (Fsp3) is 0.0500. The predicted octanol–water partition coefficient (Wildman–Crippen LogP) is 2.67. The van der Waals surface area contributed by atoms with Gasteiger partial charge in [-0.3, -0.25) is 14.4 Å². The number of aromatic amines is 2. The van der Waals surface area contributed by atoms with Gasteiger partial charge < -0.3 is 20.2 Å². The molecule has 2 heterocycles. The summed E-state index contributed by atoms with van der Waals surface area (Å²) in [6.45, 7) is 1.44. The van der Waals surface area contributed by atoms with Crippen molar-refractivity contribution in [3.63, 3.8) is 0 Å². The van der Waals surface area contributed by atoms with Gasteiger partial charge in [0.1, 0.15) is 11.5 Å². The van der Waals surface area contributed by atoms with Gasteiger partial charge in [0.2, 0.25) is 11.1 Å². The van der Waals surface area contributed by atoms with Crippen LogP contribution in [0.1, 0.15) is 17.3 Å². The average Bonchev–Trinajstić information content (AvgIpc) is 2.63. The number of fused-ring (bicyclic) bond motifs is 2. The summed E-state index contributed by atoms with van der Waals surface area (Å²) in [6.07, 6.45) is 0. The number of aromatic nitrogens is 2. The van der Waals surface area contributed by atoms with Crippen LogP contribution < -0.4 is 11.1 Å². The molecule has 0 aliphatic rings. The summed E-state index contributed by atoms with van der Waals surface area (Å²) in [5.74, 6) is -0.0371. The number of para-hydroxylation sites is 1. The normalized spacial score (nSPS) is 10.4. The Labute approximate surface area is 152 Å². The molecule has 0 spiro atoms. The van der Waals surface area contributed by atoms with E-state index in [-0.39, 0.29) is 28.4 Å². The Morgan fingerprint density at radius 1 is 0.778 bits per heavy atom. The minimum absolute atomic E-state index is 0.0345. The van der Waals surface area contributed by atoms with E-state index in [0.717, 1.165) is 5.39 Å². The fourth-order valence-electron chi connectivity index (χ4n) is 2.71. The van der Waals surface area contributed by atoms with E-state index in [1.165, 1.54) is 43.3 Å². The molecule has 7 heteroatoms. The van der Waals surface area contributed by atoms with Crippen molar-refractivity contribution in [3.8, 4) is 11.5 Å². The van der Waals surface area contributed by atoms with Crippen LogP contribution in [-0.4, -0.2) is 26.0 Å². The smallest absolute Gasteiger partial charge is 0.248 e. The number of ketones is 1. The van der Waals surface area contributed by atoms with Crippen molar-refractivity contribution in [2.45, 2.75) is 6.92 Å². The molecule has 0 saturated heterocycles. The molecule has 0 amide bonds. The monoisotopic (exact) mass is 364 g/mol. The molecule has 0 bridgehead atoms. The van der Waals surface area contributed by atoms with Crippen molar-refractivity contribution in [3.05, 3.63) is 80.9 Å². The largest absolute Gasteiger partial charge is 0.506 e. The average molecular weight is 364 g/mol. The first-order chi connectivity index (χ1) is 12.9. The van der Waals surface area contributed by atoms with E-state index < -0.39 is 0 Å². The number of phenolic OH excluding ortho intramolecular Hbond substituents is 2. The van der Waals surface area contributed by atoms with E-state index in [9.17, 15) is 24.6 Å². The van der Waals surface area contributed by atoms with E-state index in [4.69, 9.17) is 0 Å². The molecular formula is C20H16N2O5. The summed E-state index contributed by atoms with van der Waals surface area (Å²) in [5.41, 5.74) is 0.766. The van der Waals surface area contributed by atoms with E-state index >= 15 is 0 Å². The second kappa shape index (κ2) is 7.17. The van der Waals surface area contributed by atoms with Crippen LogP contribution in [0.4, 0.5) is 0 Å². The number of H-pyrrole nitrogens is 2. The van der Waals surface area contributed by atoms with Gasteiger partial charge in [0, 0.05) is 28.5 Å². The highest BCUT2D eigenvalue weighted by Crippen LogP contribution is 2.24. The molecule has 4 aromatic rings. The summed E-state index contributed by atoms with van der Waals surface area (Å²) in [6, 6.07) is 14.0. The Morgan fingerprint density at radius 3 is 2.11 bits per heavy atom. The number of nitrogens with one attached hydrogen (secondary N) is 2. The molecule has 0 radical (unpaired) electrons. The third-order valence-corrected chi connectivity index (χ3v) is 3.99. The third kappa shape index (κ3) is 3.72. The van der Waals surface area contributed by atoms with Crippen LogP contribution in [0.5, 0.6) is 11.5 Å². The maximum atomic E-state index is 11.3. The SMILES string of the molecule is CC(=O)c1ccc(O)c2[nH]c(=O)ccc12.O=c1ccc2cccc(O)c2[nH]1. The standard InChI is InChI=1S/C11H9NO3.C9H7NO2/c1-6(13)7-2-4-9(14)11-8(7)3-5-10(15)12-11;11-7-3-1-2-6-4-5-8(12)10-9(6)7/h2-5,14H,1H3,(H,12,15);1-5,11H,(H,10,12). The fourth-order valence-corrected chi connectivity index (χ4v) is 2.71. The van der Waals surface area contributed by atoms with Crippen molar-refractivity contribution < 1.29 is 15.0 Å². The van der Waals surface area contributed by atoms with Gasteiger partial charge in [-0.2, -0.15) is 0 Å². The van der Waals surface area contributed by atoms with Crippen molar-refractivity contribution in [1.82, 2.24) is 9.97 Å². The highest BCUT2D eigenvalue weighted by molar-refractivity contribution is 6.07. The first kappa shape index (κ1) is 17.9. The second-order valence-electron chi connectivity index (χ2n) is 5.86. The minimum atomic E-state index is -0.307. The van der Waals surface area contributed by atoms with Gasteiger partial charge >= 0.3 is 0 Å². The summed E-state index contributed by atoms with van der Waals surface area (Å²) in [4.78, 5) is 38.3. The Bertz CT molecular complexity index is 1270. The first-order valence-corrected chi connectivity index (χ1v) is 8.04. The Hall–Kier alpha value is -3.87. The lowest BCUT2D eigenvalue weighted by molar-refractivity contribution is 0.101. The molecule has 2 aromatic heterocycles. The van der Waals surface area contributed by atoms with Crippen molar-refractivity contribution in [2.24, 2.45) is 0 Å². The first-order valence-electron chi connectivity index (χ1n) is 8.04. The van der Waals surface area contributed by atoms with Crippen molar-refractivity contribution >= 4 is 27.6 Å². The van der Waals surface area contributed by atoms with Crippen LogP contribution in [0.3, 0.4) is 0 Å². The topological polar surface area (TPSA) is 123 Å². The number of aromatic hydroxyl groups is 2. The van der Waals surface area contributed by atoms with Crippen LogP contribution in [-0.2, 0) is 0 Å². The molecule has 0 saturated carbocycles. The van der Waals surface area contributed by atoms with Crippen molar-refractivity contribution in [2.75, 3.05) is 0 Å². The summed E-state index contributed by atoms with van der Waals surface area (Å²) in [7, 11) is 0. The number of carbonyl (C=O) groups excluding carboxylic acids is 1. The van der Waals surface area contributed by atoms with E-state index in [2.05, 4.69) is 9.97 Å². The van der Waals surface area contributed by atoms with Crippen LogP contribution in [0.2, 0.25) is 0 Å². The van der Waals surface area contributed by atoms with Crippen LogP contribution in [0.15, 0.2) is 64.2 Å². The molecule has 0 aliphatic heterocycles. The van der Waals surface area contributed by atoms with Gasteiger partial charge in [-0.1, -0.05) is 12.1 Å². The maximum absolute atomic E-state index is 11.3. The Morgan fingerprint density at radius 2 is 1.41 bits per heavy atom. The maximum Gasteiger partial charge on any atom is 0.248 e. The molecule has 0 aliphatic carbocycles. The summed E-state index contributed by atoms with van der Waals surface area (Å²) >= 11 is 0. The van der Waals surface area contributed by atoms with Gasteiger partial charge in [0.05, 0.1) is 11.0 Å². The number of carbonyl (C=O) groups is 1. The number of hydrogen-bond donors (Lipinski definition) is 4. The number of benzene rings is 2. The van der Waals surface area contributed by atoms with Crippen LogP contribution in [0.25, 0.3) is 21.8 Å². The van der Waals surface area contributed by atoms with Gasteiger partial charge in [-0.15, -0.1) is 0 Å². The predicted molar refractivity (Wildman–Crippen MR) is 102 cm³/mol. The number of phenols is 2. The molecular weight excluding hydrogens is 348 g/mol. The molecule has 0 fully saturated rings. The van der Waals surface area contributed by atoms with Gasteiger partial charge in [0.15, 0.2) is 5.78 Å². The second-order valence-corrected chi connectivity index (χ2v) is 5.86. The molecule has 136 valence electrons. The lowest BCUT2D eigenvalue weighted by Crippen LogP contribution is -2.04. The molecule has 27 heavy (non-hydrogen) atoms. The minimum Gasteiger partial charge on any atom is -0.506 e. The molecule has 0 atom stereocenters. The molecule has 2 aromatic carbocycles. The van der Waals surface area contributed by atoms with Gasteiger partial charge in [-0.25, -0.2) is 0 Å². The highest BCUT2D eigenvalue weighted by Gasteiger charge is 2.08. The zero-order valence-electron chi connectivity index (χ0n) is 14.3. The van der Waals surface area contributed by atoms with Crippen LogP contribution in [0, 0.1) is 0 Å². The number of rotatable bonds is 1. The number of Topliss-reactive ketones (excluding diaryl/α,β-unsaturated/α-hetero) is 1. The van der Waals surface area contributed by atoms with E-state index in [1.807, 2.05) is 6.07 Å². The van der Waals surface area contributed by atoms with Gasteiger partial charge in [-0.05, 0) is 37.3 Å². The van der Waals surface area contributed by atoms with E-state index in [1.54, 1.807) is 12.1 Å². The lowest BCUT2D eigenvalue weighted by Gasteiger charge is -2.04. The van der Waals surface area contributed by atoms with Gasteiger partial charge in [0.25, 0.3) is 0 Å². The highest BCUT2D eigenvalue weighted by atomic mass is 16.3. The lowest BCUT2D eigenvalue weighted by atomic mass is 10.1. The number of hydrogen-bond acceptors (Lipinski definition) is 5. The third-order valence-electron chi connectivity index (χ3n) is 3.99. The van der Waals surface area contributed by atoms with E-state index in [0.29, 0.717) is 22.0 Å². The summed E-state index contributed by atoms with van der Waals surface area (Å²) < 4.78 is 0. The Kier molecular flexibility index (Phi) is 4.76. The molecule has 7 nitrogen and oxygen atoms in total. The van der Waals surface area contributed by atoms with Crippen molar-refractivity contribution in [1.29, 1.82) is 0 Å². The zero-order chi connectivity index (χ0) is 19.6. The quantitative estimate of drug-likeness (QED) is 0.387. The Balaban J connectivity index is 0.000000159. The molecule has 4 N–H and O–H groups in total. The zero-order valence-corrected chi connectivity index (χ0v) is 14.3. The molecule has 0 unspecified atom stereocenters. The summed E-state index contributed by atoms with van der Waals surface area (Å²) in [5, 5.41) is 20.2. The number of pyridine rings is 2.